The number of unbranched alkanes of at least 4 members (excludes halogenated alkanes) is 1. The lowest BCUT2D eigenvalue weighted by Gasteiger charge is -2.60. The molecule has 0 aromatic heterocycles. The lowest BCUT2D eigenvalue weighted by atomic mass is 9.45. The maximum Gasteiger partial charge on any atom is 0.0923 e. The molecule has 1 nitrogen and oxygen atoms in total. The van der Waals surface area contributed by atoms with Crippen molar-refractivity contribution >= 4 is 15.9 Å². The van der Waals surface area contributed by atoms with Gasteiger partial charge in [-0.3, -0.25) is 0 Å². The van der Waals surface area contributed by atoms with E-state index in [1.165, 1.54) is 89.2 Å². The molecule has 3 saturated carbocycles. The van der Waals surface area contributed by atoms with Gasteiger partial charge in [-0.25, -0.2) is 0 Å². The van der Waals surface area contributed by atoms with Crippen LogP contribution in [-0.2, 0) is 4.74 Å². The van der Waals surface area contributed by atoms with Crippen molar-refractivity contribution in [2.45, 2.75) is 118 Å². The molecule has 2 heteroatoms. The minimum Gasteiger partial charge on any atom is -0.498 e. The molecule has 3 fully saturated rings. The average molecular weight is 522 g/mol. The van der Waals surface area contributed by atoms with Crippen LogP contribution in [0.3, 0.4) is 0 Å². The summed E-state index contributed by atoms with van der Waals surface area (Å²) in [7, 11) is 0. The molecule has 4 aliphatic rings. The third-order valence-corrected chi connectivity index (χ3v) is 11.8. The highest BCUT2D eigenvalue weighted by molar-refractivity contribution is 9.09. The van der Waals surface area contributed by atoms with Gasteiger partial charge in [-0.05, 0) is 116 Å². The van der Waals surface area contributed by atoms with Crippen molar-refractivity contribution in [2.24, 2.45) is 52.3 Å². The number of alkyl halides is 1. The van der Waals surface area contributed by atoms with Crippen LogP contribution >= 0.6 is 15.9 Å². The van der Waals surface area contributed by atoms with Crippen molar-refractivity contribution in [3.05, 3.63) is 11.8 Å². The molecule has 0 bridgehead atoms. The minimum atomic E-state index is 0.522. The van der Waals surface area contributed by atoms with Crippen LogP contribution in [0, 0.1) is 52.3 Å². The predicted molar refractivity (Wildman–Crippen MR) is 146 cm³/mol. The molecule has 4 aliphatic carbocycles. The summed E-state index contributed by atoms with van der Waals surface area (Å²) in [5.74, 6) is 7.79. The van der Waals surface area contributed by atoms with Crippen LogP contribution in [0.25, 0.3) is 0 Å². The van der Waals surface area contributed by atoms with E-state index < -0.39 is 0 Å². The van der Waals surface area contributed by atoms with E-state index in [4.69, 9.17) is 4.74 Å². The van der Waals surface area contributed by atoms with Crippen LogP contribution in [0.5, 0.6) is 0 Å². The van der Waals surface area contributed by atoms with Crippen molar-refractivity contribution in [1.29, 1.82) is 0 Å². The second kappa shape index (κ2) is 11.0. The maximum absolute atomic E-state index is 6.23. The van der Waals surface area contributed by atoms with E-state index in [1.807, 2.05) is 0 Å². The molecule has 0 aromatic carbocycles. The highest BCUT2D eigenvalue weighted by Gasteiger charge is 2.60. The molecule has 0 spiro atoms. The highest BCUT2D eigenvalue weighted by Crippen LogP contribution is 2.68. The van der Waals surface area contributed by atoms with E-state index in [-0.39, 0.29) is 0 Å². The normalized spacial score (nSPS) is 41.2. The third kappa shape index (κ3) is 5.27. The standard InChI is InChI=1S/C31H53BrO/c1-22(2)9-8-10-23(3)27-13-14-28-26-12-11-24-21-25(33-20-7-6-19-32)15-17-30(24,4)29(26)16-18-31(27,28)5/h21-24,26-29H,6-20H2,1-5H3/t23-,24?,26+,27-,28+,29+,30+,31-/m1/s1. The van der Waals surface area contributed by atoms with Crippen LogP contribution < -0.4 is 0 Å². The van der Waals surface area contributed by atoms with E-state index >= 15 is 0 Å². The van der Waals surface area contributed by atoms with Gasteiger partial charge in [-0.2, -0.15) is 0 Å². The first-order valence-corrected chi connectivity index (χ1v) is 15.8. The van der Waals surface area contributed by atoms with Gasteiger partial charge < -0.3 is 4.74 Å². The SMILES string of the molecule is CC(C)CCC[C@@H](C)[C@H]1CC[C@H]2[C@@H]3CCC4C=C(OCCCCBr)CC[C@]4(C)[C@H]3CC[C@]12C. The van der Waals surface area contributed by atoms with Gasteiger partial charge >= 0.3 is 0 Å². The Labute approximate surface area is 214 Å². The Kier molecular flexibility index (Phi) is 8.67. The molecule has 0 aromatic rings. The Balaban J connectivity index is 1.40. The Morgan fingerprint density at radius 2 is 1.70 bits per heavy atom. The fourth-order valence-electron chi connectivity index (χ4n) is 9.37. The van der Waals surface area contributed by atoms with E-state index in [0.717, 1.165) is 53.4 Å². The molecule has 8 atom stereocenters. The fourth-order valence-corrected chi connectivity index (χ4v) is 9.77. The smallest absolute Gasteiger partial charge is 0.0923 e. The minimum absolute atomic E-state index is 0.522. The number of allylic oxidation sites excluding steroid dienone is 2. The van der Waals surface area contributed by atoms with E-state index in [0.29, 0.717) is 10.8 Å². The van der Waals surface area contributed by atoms with Gasteiger partial charge in [-0.1, -0.05) is 69.8 Å². The molecule has 0 saturated heterocycles. The molecule has 1 unspecified atom stereocenters. The van der Waals surface area contributed by atoms with Crippen molar-refractivity contribution in [3.8, 4) is 0 Å². The molecule has 0 N–H and O–H groups in total. The molecule has 4 rings (SSSR count). The summed E-state index contributed by atoms with van der Waals surface area (Å²) in [6, 6.07) is 0. The maximum atomic E-state index is 6.23. The first kappa shape index (κ1) is 26.1. The van der Waals surface area contributed by atoms with Gasteiger partial charge in [0.1, 0.15) is 0 Å². The monoisotopic (exact) mass is 520 g/mol. The van der Waals surface area contributed by atoms with Crippen molar-refractivity contribution in [2.75, 3.05) is 11.9 Å². The summed E-state index contributed by atoms with van der Waals surface area (Å²) in [5, 5.41) is 1.09. The van der Waals surface area contributed by atoms with E-state index in [9.17, 15) is 0 Å². The van der Waals surface area contributed by atoms with Gasteiger partial charge in [0, 0.05) is 11.8 Å². The van der Waals surface area contributed by atoms with Crippen LogP contribution in [0.15, 0.2) is 11.8 Å². The zero-order valence-corrected chi connectivity index (χ0v) is 24.1. The van der Waals surface area contributed by atoms with E-state index in [1.54, 1.807) is 0 Å². The first-order valence-electron chi connectivity index (χ1n) is 14.7. The third-order valence-electron chi connectivity index (χ3n) is 11.3. The fraction of sp³-hybridized carbons (Fsp3) is 0.935. The Morgan fingerprint density at radius 1 is 0.909 bits per heavy atom. The number of rotatable bonds is 10. The average Bonchev–Trinajstić information content (AvgIpc) is 3.14. The lowest BCUT2D eigenvalue weighted by molar-refractivity contribution is -0.0987. The molecule has 0 aliphatic heterocycles. The Morgan fingerprint density at radius 3 is 2.45 bits per heavy atom. The summed E-state index contributed by atoms with van der Waals surface area (Å²) >= 11 is 3.54. The second-order valence-electron chi connectivity index (χ2n) is 13.5. The lowest BCUT2D eigenvalue weighted by Crippen LogP contribution is -2.52. The Bertz CT molecular complexity index is 670. The molecule has 190 valence electrons. The number of halogens is 1. The molecule has 33 heavy (non-hydrogen) atoms. The van der Waals surface area contributed by atoms with Gasteiger partial charge in [0.05, 0.1) is 12.4 Å². The Hall–Kier alpha value is 0.0200. The highest BCUT2D eigenvalue weighted by atomic mass is 79.9. The van der Waals surface area contributed by atoms with Gasteiger partial charge in [-0.15, -0.1) is 0 Å². The summed E-state index contributed by atoms with van der Waals surface area (Å²) < 4.78 is 6.23. The van der Waals surface area contributed by atoms with Crippen molar-refractivity contribution < 1.29 is 4.74 Å². The second-order valence-corrected chi connectivity index (χ2v) is 14.3. The van der Waals surface area contributed by atoms with Gasteiger partial charge in [0.2, 0.25) is 0 Å². The van der Waals surface area contributed by atoms with Crippen molar-refractivity contribution in [1.82, 2.24) is 0 Å². The van der Waals surface area contributed by atoms with Crippen LogP contribution in [0.2, 0.25) is 0 Å². The summed E-state index contributed by atoms with van der Waals surface area (Å²) in [6.45, 7) is 13.7. The molecular weight excluding hydrogens is 468 g/mol. The van der Waals surface area contributed by atoms with Crippen LogP contribution in [-0.4, -0.2) is 11.9 Å². The van der Waals surface area contributed by atoms with E-state index in [2.05, 4.69) is 56.6 Å². The largest absolute Gasteiger partial charge is 0.498 e. The van der Waals surface area contributed by atoms with Crippen molar-refractivity contribution in [3.63, 3.8) is 0 Å². The zero-order valence-electron chi connectivity index (χ0n) is 22.5. The van der Waals surface area contributed by atoms with Crippen LogP contribution in [0.4, 0.5) is 0 Å². The zero-order chi connectivity index (χ0) is 23.6. The molecule has 0 amide bonds. The number of ether oxygens (including phenoxy) is 1. The first-order chi connectivity index (χ1) is 15.8. The summed E-state index contributed by atoms with van der Waals surface area (Å²) in [6.07, 6.45) is 20.8. The van der Waals surface area contributed by atoms with Gasteiger partial charge in [0.25, 0.3) is 0 Å². The quantitative estimate of drug-likeness (QED) is 0.205. The summed E-state index contributed by atoms with van der Waals surface area (Å²) in [5.41, 5.74) is 1.14. The van der Waals surface area contributed by atoms with Gasteiger partial charge in [0.15, 0.2) is 0 Å². The molecule has 0 radical (unpaired) electrons. The molecular formula is C31H53BrO. The number of hydrogen-bond donors (Lipinski definition) is 0. The molecule has 0 heterocycles. The van der Waals surface area contributed by atoms with Crippen LogP contribution in [0.1, 0.15) is 118 Å². The predicted octanol–water partition coefficient (Wildman–Crippen LogP) is 9.79. The number of fused-ring (bicyclic) bond motifs is 5. The summed E-state index contributed by atoms with van der Waals surface area (Å²) in [4.78, 5) is 0. The topological polar surface area (TPSA) is 9.23 Å². The number of hydrogen-bond acceptors (Lipinski definition) is 1.